The summed E-state index contributed by atoms with van der Waals surface area (Å²) < 4.78 is 6.00. The summed E-state index contributed by atoms with van der Waals surface area (Å²) in [6.45, 7) is 0.836. The first-order chi connectivity index (χ1) is 9.38. The van der Waals surface area contributed by atoms with E-state index < -0.39 is 0 Å². The third kappa shape index (κ3) is 2.73. The summed E-state index contributed by atoms with van der Waals surface area (Å²) in [5, 5.41) is 5.55. The van der Waals surface area contributed by atoms with Crippen LogP contribution < -0.4 is 5.32 Å². The van der Waals surface area contributed by atoms with Gasteiger partial charge in [0.15, 0.2) is 0 Å². The first-order valence-corrected chi connectivity index (χ1v) is 7.66. The van der Waals surface area contributed by atoms with Crippen molar-refractivity contribution in [3.05, 3.63) is 57.8 Å². The molecule has 0 aliphatic carbocycles. The lowest BCUT2D eigenvalue weighted by Crippen LogP contribution is -2.23. The van der Waals surface area contributed by atoms with Crippen molar-refractivity contribution in [2.75, 3.05) is 13.7 Å². The number of thiophene rings is 1. The minimum atomic E-state index is 0.212. The van der Waals surface area contributed by atoms with Crippen molar-refractivity contribution in [1.82, 2.24) is 5.32 Å². The van der Waals surface area contributed by atoms with Gasteiger partial charge >= 0.3 is 0 Å². The lowest BCUT2D eigenvalue weighted by molar-refractivity contribution is 0.0301. The molecule has 0 spiro atoms. The number of nitrogens with one attached hydrogen (secondary N) is 1. The summed E-state index contributed by atoms with van der Waals surface area (Å²) in [6, 6.07) is 13.3. The molecule has 2 heterocycles. The Kier molecular flexibility index (Phi) is 3.97. The Labute approximate surface area is 118 Å². The minimum Gasteiger partial charge on any atom is -0.373 e. The highest BCUT2D eigenvalue weighted by Gasteiger charge is 2.24. The predicted octanol–water partition coefficient (Wildman–Crippen LogP) is 3.71. The summed E-state index contributed by atoms with van der Waals surface area (Å²) in [5.41, 5.74) is 2.81. The van der Waals surface area contributed by atoms with Gasteiger partial charge in [0, 0.05) is 10.9 Å². The van der Waals surface area contributed by atoms with Gasteiger partial charge in [-0.1, -0.05) is 30.3 Å². The number of hydrogen-bond acceptors (Lipinski definition) is 3. The van der Waals surface area contributed by atoms with Gasteiger partial charge in [0.05, 0.1) is 12.7 Å². The molecular weight excluding hydrogens is 254 g/mol. The first kappa shape index (κ1) is 12.9. The van der Waals surface area contributed by atoms with E-state index in [1.54, 1.807) is 0 Å². The zero-order valence-electron chi connectivity index (χ0n) is 11.1. The number of benzene rings is 1. The Morgan fingerprint density at radius 2 is 2.21 bits per heavy atom. The highest BCUT2D eigenvalue weighted by atomic mass is 32.1. The summed E-state index contributed by atoms with van der Waals surface area (Å²) >= 11 is 1.81. The van der Waals surface area contributed by atoms with Gasteiger partial charge in [0.1, 0.15) is 0 Å². The van der Waals surface area contributed by atoms with Gasteiger partial charge in [0.25, 0.3) is 0 Å². The normalized spacial score (nSPS) is 19.9. The second kappa shape index (κ2) is 5.87. The molecule has 3 rings (SSSR count). The van der Waals surface area contributed by atoms with Crippen LogP contribution in [0.1, 0.15) is 34.6 Å². The van der Waals surface area contributed by atoms with Crippen LogP contribution in [0, 0.1) is 0 Å². The maximum Gasteiger partial charge on any atom is 0.0846 e. The maximum atomic E-state index is 6.00. The van der Waals surface area contributed by atoms with E-state index >= 15 is 0 Å². The summed E-state index contributed by atoms with van der Waals surface area (Å²) in [7, 11) is 2.03. The van der Waals surface area contributed by atoms with E-state index in [0.29, 0.717) is 6.04 Å². The van der Waals surface area contributed by atoms with Crippen molar-refractivity contribution in [3.8, 4) is 0 Å². The molecule has 2 atom stereocenters. The van der Waals surface area contributed by atoms with E-state index in [1.807, 2.05) is 18.4 Å². The molecule has 1 N–H and O–H groups in total. The van der Waals surface area contributed by atoms with Gasteiger partial charge in [-0.3, -0.25) is 0 Å². The Hall–Kier alpha value is -1.16. The fraction of sp³-hybridized carbons (Fsp3) is 0.375. The fourth-order valence-corrected chi connectivity index (χ4v) is 3.60. The van der Waals surface area contributed by atoms with E-state index in [-0.39, 0.29) is 6.10 Å². The van der Waals surface area contributed by atoms with Crippen molar-refractivity contribution in [3.63, 3.8) is 0 Å². The number of hydrogen-bond donors (Lipinski definition) is 1. The van der Waals surface area contributed by atoms with Crippen molar-refractivity contribution < 1.29 is 4.74 Å². The molecule has 0 bridgehead atoms. The first-order valence-electron chi connectivity index (χ1n) is 6.78. The predicted molar refractivity (Wildman–Crippen MR) is 79.6 cm³/mol. The second-order valence-electron chi connectivity index (χ2n) is 4.90. The number of rotatable bonds is 4. The van der Waals surface area contributed by atoms with Crippen LogP contribution in [0.2, 0.25) is 0 Å². The summed E-state index contributed by atoms with van der Waals surface area (Å²) in [6.07, 6.45) is 2.24. The average Bonchev–Trinajstić information content (AvgIpc) is 2.99. The van der Waals surface area contributed by atoms with Gasteiger partial charge in [0.2, 0.25) is 0 Å². The van der Waals surface area contributed by atoms with Crippen LogP contribution in [0.25, 0.3) is 0 Å². The fourth-order valence-electron chi connectivity index (χ4n) is 2.75. The van der Waals surface area contributed by atoms with Crippen LogP contribution in [0.3, 0.4) is 0 Å². The van der Waals surface area contributed by atoms with Crippen LogP contribution in [0.15, 0.2) is 41.8 Å². The highest BCUT2D eigenvalue weighted by molar-refractivity contribution is 7.10. The molecular formula is C16H19NOS. The van der Waals surface area contributed by atoms with E-state index in [1.165, 1.54) is 16.0 Å². The zero-order valence-corrected chi connectivity index (χ0v) is 12.0. The molecule has 0 fully saturated rings. The Balaban J connectivity index is 1.80. The maximum absolute atomic E-state index is 6.00. The third-order valence-electron chi connectivity index (χ3n) is 3.78. The molecule has 100 valence electrons. The molecule has 1 aromatic carbocycles. The molecule has 19 heavy (non-hydrogen) atoms. The van der Waals surface area contributed by atoms with E-state index in [9.17, 15) is 0 Å². The second-order valence-corrected chi connectivity index (χ2v) is 5.88. The molecule has 0 amide bonds. The van der Waals surface area contributed by atoms with Gasteiger partial charge in [-0.05, 0) is 42.5 Å². The van der Waals surface area contributed by atoms with Crippen LogP contribution in [0.4, 0.5) is 0 Å². The molecule has 0 radical (unpaired) electrons. The molecule has 3 heteroatoms. The van der Waals surface area contributed by atoms with Crippen molar-refractivity contribution >= 4 is 11.3 Å². The van der Waals surface area contributed by atoms with Gasteiger partial charge < -0.3 is 10.1 Å². The molecule has 0 saturated heterocycles. The topological polar surface area (TPSA) is 21.3 Å². The lowest BCUT2D eigenvalue weighted by Gasteiger charge is -2.29. The average molecular weight is 273 g/mol. The Morgan fingerprint density at radius 1 is 1.32 bits per heavy atom. The molecule has 0 saturated carbocycles. The standard InChI is InChI=1S/C16H19NOS/c1-17-14(16-7-4-10-19-16)11-15-13-6-3-2-5-12(13)8-9-18-15/h2-7,10,14-15,17H,8-9,11H2,1H3. The molecule has 1 aliphatic heterocycles. The van der Waals surface area contributed by atoms with E-state index in [2.05, 4.69) is 47.1 Å². The molecule has 1 aliphatic rings. The Bertz CT molecular complexity index is 523. The smallest absolute Gasteiger partial charge is 0.0846 e. The highest BCUT2D eigenvalue weighted by Crippen LogP contribution is 2.35. The summed E-state index contributed by atoms with van der Waals surface area (Å²) in [5.74, 6) is 0. The van der Waals surface area contributed by atoms with Crippen LogP contribution in [-0.2, 0) is 11.2 Å². The number of ether oxygens (including phenoxy) is 1. The quantitative estimate of drug-likeness (QED) is 0.917. The minimum absolute atomic E-state index is 0.212. The van der Waals surface area contributed by atoms with Crippen molar-refractivity contribution in [2.45, 2.75) is 25.0 Å². The van der Waals surface area contributed by atoms with Crippen LogP contribution in [-0.4, -0.2) is 13.7 Å². The molecule has 1 aromatic heterocycles. The van der Waals surface area contributed by atoms with Gasteiger partial charge in [-0.25, -0.2) is 0 Å². The van der Waals surface area contributed by atoms with Gasteiger partial charge in [-0.2, -0.15) is 0 Å². The van der Waals surface area contributed by atoms with Crippen molar-refractivity contribution in [2.24, 2.45) is 0 Å². The molecule has 2 unspecified atom stereocenters. The van der Waals surface area contributed by atoms with Gasteiger partial charge in [-0.15, -0.1) is 11.3 Å². The summed E-state index contributed by atoms with van der Waals surface area (Å²) in [4.78, 5) is 1.38. The monoisotopic (exact) mass is 273 g/mol. The van der Waals surface area contributed by atoms with Crippen molar-refractivity contribution in [1.29, 1.82) is 0 Å². The third-order valence-corrected chi connectivity index (χ3v) is 4.76. The molecule has 2 nitrogen and oxygen atoms in total. The molecule has 2 aromatic rings. The largest absolute Gasteiger partial charge is 0.373 e. The zero-order chi connectivity index (χ0) is 13.1. The van der Waals surface area contributed by atoms with E-state index in [0.717, 1.165) is 19.4 Å². The van der Waals surface area contributed by atoms with E-state index in [4.69, 9.17) is 4.74 Å². The lowest BCUT2D eigenvalue weighted by atomic mass is 9.93. The Morgan fingerprint density at radius 3 is 3.00 bits per heavy atom. The van der Waals surface area contributed by atoms with Crippen LogP contribution >= 0.6 is 11.3 Å². The van der Waals surface area contributed by atoms with Crippen LogP contribution in [0.5, 0.6) is 0 Å². The SMILES string of the molecule is CNC(CC1OCCc2ccccc21)c1cccs1. The number of fused-ring (bicyclic) bond motifs is 1.